The van der Waals surface area contributed by atoms with E-state index in [1.807, 2.05) is 0 Å². The molecule has 5 nitrogen and oxygen atoms in total. The van der Waals surface area contributed by atoms with Gasteiger partial charge in [0.25, 0.3) is 0 Å². The van der Waals surface area contributed by atoms with Crippen molar-refractivity contribution in [2.45, 2.75) is 495 Å². The van der Waals surface area contributed by atoms with Crippen LogP contribution in [0.3, 0.4) is 0 Å². The van der Waals surface area contributed by atoms with Crippen LogP contribution in [0.25, 0.3) is 0 Å². The fourth-order valence-electron chi connectivity index (χ4n) is 13.4. The van der Waals surface area contributed by atoms with Gasteiger partial charge in [0, 0.05) is 12.8 Å². The Morgan fingerprint density at radius 1 is 0.250 bits per heavy atom. The molecule has 0 radical (unpaired) electrons. The molecule has 1 N–H and O–H groups in total. The highest BCUT2D eigenvalue weighted by molar-refractivity contribution is 5.70. The van der Waals surface area contributed by atoms with Crippen LogP contribution in [0.1, 0.15) is 489 Å². The SMILES string of the molecule is CCCCCCCCCC/C=C\CCCCCCCCCCCCCCCCCCCCCCCCCC(=O)OC(CO)COC(=O)CCCCCCCCCCCCCCCCCCCCCCCCCCCCCCCCCCCCCCCCC. The maximum Gasteiger partial charge on any atom is 0.306 e. The van der Waals surface area contributed by atoms with Crippen LogP contribution in [0, 0.1) is 0 Å². The molecule has 0 heterocycles. The van der Waals surface area contributed by atoms with Crippen molar-refractivity contribution in [1.29, 1.82) is 0 Å². The highest BCUT2D eigenvalue weighted by Crippen LogP contribution is 2.21. The predicted octanol–water partition coefficient (Wildman–Crippen LogP) is 28.9. The summed E-state index contributed by atoms with van der Waals surface area (Å²) in [5.74, 6) is -0.557. The molecule has 0 aliphatic carbocycles. The van der Waals surface area contributed by atoms with Crippen LogP contribution in [0.2, 0.25) is 0 Å². The molecular formula is C83H162O5. The topological polar surface area (TPSA) is 72.8 Å². The largest absolute Gasteiger partial charge is 0.462 e. The van der Waals surface area contributed by atoms with E-state index in [0.29, 0.717) is 12.8 Å². The third-order valence-electron chi connectivity index (χ3n) is 19.6. The molecule has 0 rings (SSSR count). The molecule has 0 saturated carbocycles. The normalized spacial score (nSPS) is 12.1. The molecule has 0 amide bonds. The van der Waals surface area contributed by atoms with Crippen molar-refractivity contribution in [3.63, 3.8) is 0 Å². The minimum Gasteiger partial charge on any atom is -0.462 e. The van der Waals surface area contributed by atoms with Crippen molar-refractivity contribution in [3.8, 4) is 0 Å². The molecule has 1 atom stereocenters. The molecule has 524 valence electrons. The van der Waals surface area contributed by atoms with E-state index in [1.54, 1.807) is 0 Å². The van der Waals surface area contributed by atoms with E-state index < -0.39 is 6.10 Å². The van der Waals surface area contributed by atoms with Crippen LogP contribution in [0.15, 0.2) is 12.2 Å². The number of unbranched alkanes of at least 4 members (excludes halogenated alkanes) is 69. The van der Waals surface area contributed by atoms with Gasteiger partial charge in [0.05, 0.1) is 6.61 Å². The van der Waals surface area contributed by atoms with Crippen molar-refractivity contribution in [1.82, 2.24) is 0 Å². The lowest BCUT2D eigenvalue weighted by Gasteiger charge is -2.15. The lowest BCUT2D eigenvalue weighted by atomic mass is 10.0. The summed E-state index contributed by atoms with van der Waals surface area (Å²) in [5.41, 5.74) is 0. The van der Waals surface area contributed by atoms with Crippen molar-refractivity contribution >= 4 is 11.9 Å². The van der Waals surface area contributed by atoms with Crippen molar-refractivity contribution < 1.29 is 24.2 Å². The van der Waals surface area contributed by atoms with E-state index in [2.05, 4.69) is 26.0 Å². The van der Waals surface area contributed by atoms with Gasteiger partial charge in [0.15, 0.2) is 6.10 Å². The van der Waals surface area contributed by atoms with Crippen molar-refractivity contribution in [2.24, 2.45) is 0 Å². The number of carbonyl (C=O) groups excluding carboxylic acids is 2. The Labute approximate surface area is 553 Å². The third kappa shape index (κ3) is 77.1. The Morgan fingerprint density at radius 3 is 0.614 bits per heavy atom. The van der Waals surface area contributed by atoms with Gasteiger partial charge < -0.3 is 14.6 Å². The average Bonchev–Trinajstić information content (AvgIpc) is 3.54. The second-order valence-electron chi connectivity index (χ2n) is 28.6. The Balaban J connectivity index is 3.33. The van der Waals surface area contributed by atoms with Crippen LogP contribution in [-0.4, -0.2) is 36.4 Å². The highest BCUT2D eigenvalue weighted by atomic mass is 16.6. The van der Waals surface area contributed by atoms with E-state index in [-0.39, 0.29) is 25.2 Å². The molecule has 0 bridgehead atoms. The monoisotopic (exact) mass is 1240 g/mol. The summed E-state index contributed by atoms with van der Waals surface area (Å²) in [6.45, 7) is 4.23. The van der Waals surface area contributed by atoms with E-state index in [1.165, 1.54) is 430 Å². The minimum atomic E-state index is -0.768. The number of carbonyl (C=O) groups is 2. The first-order valence-corrected chi connectivity index (χ1v) is 41.2. The number of esters is 2. The predicted molar refractivity (Wildman–Crippen MR) is 390 cm³/mol. The molecule has 0 aliphatic heterocycles. The zero-order chi connectivity index (χ0) is 63.3. The maximum absolute atomic E-state index is 12.4. The summed E-state index contributed by atoms with van der Waals surface area (Å²) < 4.78 is 10.8. The van der Waals surface area contributed by atoms with E-state index in [4.69, 9.17) is 9.47 Å². The van der Waals surface area contributed by atoms with Gasteiger partial charge in [-0.3, -0.25) is 9.59 Å². The average molecular weight is 1240 g/mol. The molecule has 0 spiro atoms. The van der Waals surface area contributed by atoms with Crippen molar-refractivity contribution in [3.05, 3.63) is 12.2 Å². The Kier molecular flexibility index (Phi) is 78.6. The zero-order valence-electron chi connectivity index (χ0n) is 60.6. The molecule has 0 fully saturated rings. The van der Waals surface area contributed by atoms with Gasteiger partial charge in [-0.05, 0) is 38.5 Å². The van der Waals surface area contributed by atoms with E-state index in [0.717, 1.165) is 32.1 Å². The number of ether oxygens (including phenoxy) is 2. The lowest BCUT2D eigenvalue weighted by Crippen LogP contribution is -2.28. The standard InChI is InChI=1S/C83H162O5/c1-3-5-7-9-11-13-15-17-19-21-23-25-27-29-31-33-35-37-39-40-41-42-44-45-47-49-51-53-55-57-59-61-63-65-67-69-71-73-75-77-82(85)87-80-81(79-84)88-83(86)78-76-74-72-70-68-66-64-62-60-58-56-54-52-50-48-46-43-38-36-34-32-30-28-26-24-22-20-18-16-14-12-10-8-6-4-2/h22,24,81,84H,3-21,23,25-80H2,1-2H3/b24-22-. The molecule has 0 aliphatic rings. The summed E-state index contributed by atoms with van der Waals surface area (Å²) in [5, 5.41) is 9.73. The fourth-order valence-corrected chi connectivity index (χ4v) is 13.4. The Bertz CT molecular complexity index is 1310. The maximum atomic E-state index is 12.4. The second kappa shape index (κ2) is 79.9. The van der Waals surface area contributed by atoms with Crippen LogP contribution in [0.5, 0.6) is 0 Å². The van der Waals surface area contributed by atoms with Gasteiger partial charge in [-0.1, -0.05) is 450 Å². The first kappa shape index (κ1) is 86.6. The molecule has 88 heavy (non-hydrogen) atoms. The molecular weight excluding hydrogens is 1080 g/mol. The molecule has 1 unspecified atom stereocenters. The van der Waals surface area contributed by atoms with E-state index >= 15 is 0 Å². The minimum absolute atomic E-state index is 0.0561. The zero-order valence-corrected chi connectivity index (χ0v) is 60.6. The number of rotatable bonds is 79. The second-order valence-corrected chi connectivity index (χ2v) is 28.6. The van der Waals surface area contributed by atoms with Gasteiger partial charge in [0.2, 0.25) is 0 Å². The molecule has 0 aromatic rings. The van der Waals surface area contributed by atoms with Crippen molar-refractivity contribution in [2.75, 3.05) is 13.2 Å². The Morgan fingerprint density at radius 2 is 0.420 bits per heavy atom. The lowest BCUT2D eigenvalue weighted by molar-refractivity contribution is -0.161. The van der Waals surface area contributed by atoms with Crippen LogP contribution in [0.4, 0.5) is 0 Å². The summed E-state index contributed by atoms with van der Waals surface area (Å²) in [6, 6.07) is 0. The van der Waals surface area contributed by atoms with Crippen LogP contribution in [-0.2, 0) is 19.1 Å². The molecule has 5 heteroatoms. The number of aliphatic hydroxyl groups is 1. The molecule has 0 saturated heterocycles. The first-order valence-electron chi connectivity index (χ1n) is 41.2. The van der Waals surface area contributed by atoms with Crippen LogP contribution < -0.4 is 0 Å². The summed E-state index contributed by atoms with van der Waals surface area (Å²) in [4.78, 5) is 24.7. The van der Waals surface area contributed by atoms with Gasteiger partial charge in [-0.15, -0.1) is 0 Å². The van der Waals surface area contributed by atoms with Gasteiger partial charge >= 0.3 is 11.9 Å². The quantitative estimate of drug-likeness (QED) is 0.0373. The summed E-state index contributed by atoms with van der Waals surface area (Å²) >= 11 is 0. The molecule has 0 aromatic heterocycles. The Hall–Kier alpha value is -1.36. The van der Waals surface area contributed by atoms with Gasteiger partial charge in [-0.25, -0.2) is 0 Å². The molecule has 0 aromatic carbocycles. The highest BCUT2D eigenvalue weighted by Gasteiger charge is 2.16. The first-order chi connectivity index (χ1) is 43.6. The summed E-state index contributed by atoms with van der Waals surface area (Å²) in [6.07, 6.45) is 105. The number of hydrogen-bond donors (Lipinski definition) is 1. The number of aliphatic hydroxyl groups excluding tert-OH is 1. The van der Waals surface area contributed by atoms with Gasteiger partial charge in [0.1, 0.15) is 6.61 Å². The third-order valence-corrected chi connectivity index (χ3v) is 19.6. The fraction of sp³-hybridized carbons (Fsp3) is 0.952. The summed E-state index contributed by atoms with van der Waals surface area (Å²) in [7, 11) is 0. The van der Waals surface area contributed by atoms with Gasteiger partial charge in [-0.2, -0.15) is 0 Å². The number of allylic oxidation sites excluding steroid dienone is 2. The number of hydrogen-bond acceptors (Lipinski definition) is 5. The smallest absolute Gasteiger partial charge is 0.306 e. The van der Waals surface area contributed by atoms with E-state index in [9.17, 15) is 14.7 Å². The van der Waals surface area contributed by atoms with Crippen LogP contribution >= 0.6 is 0 Å².